The number of nitrogens with zero attached hydrogens (tertiary/aromatic N) is 2. The molecule has 3 aromatic carbocycles. The minimum absolute atomic E-state index is 0.0521. The molecule has 2 amide bonds. The molecule has 0 unspecified atom stereocenters. The average Bonchev–Trinajstić information content (AvgIpc) is 2.99. The maximum atomic E-state index is 14.7. The monoisotopic (exact) mass is 585 g/mol. The SMILES string of the molecule is CCCCNC(=O)[C@@H](C)N(Cc1ccccc1F)C(=O)CN(c1cc(OC)ccc1OC)S(=O)(=O)c1ccccc1. The maximum Gasteiger partial charge on any atom is 0.264 e. The first-order valence-corrected chi connectivity index (χ1v) is 14.7. The van der Waals surface area contributed by atoms with Gasteiger partial charge in [0.1, 0.15) is 29.9 Å². The van der Waals surface area contributed by atoms with E-state index in [0.717, 1.165) is 17.1 Å². The third kappa shape index (κ3) is 7.75. The lowest BCUT2D eigenvalue weighted by Gasteiger charge is -2.32. The van der Waals surface area contributed by atoms with Gasteiger partial charge in [0.25, 0.3) is 10.0 Å². The number of methoxy groups -OCH3 is 2. The molecule has 1 N–H and O–H groups in total. The number of hydrogen-bond acceptors (Lipinski definition) is 6. The molecule has 11 heteroatoms. The van der Waals surface area contributed by atoms with Crippen molar-refractivity contribution in [1.82, 2.24) is 10.2 Å². The van der Waals surface area contributed by atoms with Crippen molar-refractivity contribution < 1.29 is 31.9 Å². The molecule has 0 saturated carbocycles. The van der Waals surface area contributed by atoms with Crippen LogP contribution in [-0.2, 0) is 26.2 Å². The number of nitrogens with one attached hydrogen (secondary N) is 1. The van der Waals surface area contributed by atoms with Crippen molar-refractivity contribution in [3.05, 3.63) is 84.2 Å². The van der Waals surface area contributed by atoms with Crippen LogP contribution >= 0.6 is 0 Å². The molecule has 0 aliphatic rings. The van der Waals surface area contributed by atoms with Crippen molar-refractivity contribution in [1.29, 1.82) is 0 Å². The van der Waals surface area contributed by atoms with Crippen molar-refractivity contribution >= 4 is 27.5 Å². The van der Waals surface area contributed by atoms with Gasteiger partial charge in [-0.05, 0) is 43.7 Å². The molecule has 0 heterocycles. The quantitative estimate of drug-likeness (QED) is 0.282. The first-order valence-electron chi connectivity index (χ1n) is 13.2. The summed E-state index contributed by atoms with van der Waals surface area (Å²) in [6.07, 6.45) is 1.61. The topological polar surface area (TPSA) is 105 Å². The Labute approximate surface area is 240 Å². The number of rotatable bonds is 14. The molecule has 3 rings (SSSR count). The highest BCUT2D eigenvalue weighted by molar-refractivity contribution is 7.92. The standard InChI is InChI=1S/C30H36FN3O6S/c1-5-6-18-32-30(36)22(2)33(20-23-12-10-11-15-26(23)31)29(35)21-34(41(37,38)25-13-8-7-9-14-25)27-19-24(39-3)16-17-28(27)40-4/h7-17,19,22H,5-6,18,20-21H2,1-4H3,(H,32,36)/t22-/m1/s1. The smallest absolute Gasteiger partial charge is 0.264 e. The number of hydrogen-bond donors (Lipinski definition) is 1. The Morgan fingerprint density at radius 3 is 2.29 bits per heavy atom. The second-order valence-electron chi connectivity index (χ2n) is 9.30. The summed E-state index contributed by atoms with van der Waals surface area (Å²) in [5.41, 5.74) is 0.250. The van der Waals surface area contributed by atoms with E-state index in [4.69, 9.17) is 9.47 Å². The fourth-order valence-electron chi connectivity index (χ4n) is 4.15. The zero-order valence-corrected chi connectivity index (χ0v) is 24.5. The molecule has 0 radical (unpaired) electrons. The van der Waals surface area contributed by atoms with Gasteiger partial charge in [0, 0.05) is 24.7 Å². The van der Waals surface area contributed by atoms with E-state index in [1.807, 2.05) is 6.92 Å². The summed E-state index contributed by atoms with van der Waals surface area (Å²) in [6, 6.07) is 17.1. The second kappa shape index (κ2) is 14.5. The first kappa shape index (κ1) is 31.4. The van der Waals surface area contributed by atoms with Crippen LogP contribution in [0.15, 0.2) is 77.7 Å². The highest BCUT2D eigenvalue weighted by Gasteiger charge is 2.34. The van der Waals surface area contributed by atoms with Gasteiger partial charge in [-0.3, -0.25) is 13.9 Å². The molecule has 1 atom stereocenters. The number of amides is 2. The molecule has 9 nitrogen and oxygen atoms in total. The van der Waals surface area contributed by atoms with Gasteiger partial charge in [-0.1, -0.05) is 49.7 Å². The van der Waals surface area contributed by atoms with Crippen LogP contribution in [0.25, 0.3) is 0 Å². The second-order valence-corrected chi connectivity index (χ2v) is 11.2. The van der Waals surface area contributed by atoms with E-state index in [1.165, 1.54) is 68.5 Å². The Kier molecular flexibility index (Phi) is 11.1. The largest absolute Gasteiger partial charge is 0.497 e. The molecule has 3 aromatic rings. The van der Waals surface area contributed by atoms with Crippen LogP contribution in [0.2, 0.25) is 0 Å². The average molecular weight is 586 g/mol. The molecule has 0 fully saturated rings. The normalized spacial score (nSPS) is 11.8. The van der Waals surface area contributed by atoms with Crippen molar-refractivity contribution in [2.45, 2.75) is 44.2 Å². The van der Waals surface area contributed by atoms with E-state index in [0.29, 0.717) is 12.3 Å². The van der Waals surface area contributed by atoms with Crippen molar-refractivity contribution in [3.8, 4) is 11.5 Å². The fraction of sp³-hybridized carbons (Fsp3) is 0.333. The number of benzene rings is 3. The predicted molar refractivity (Wildman–Crippen MR) is 155 cm³/mol. The Bertz CT molecular complexity index is 1440. The number of ether oxygens (including phenoxy) is 2. The van der Waals surface area contributed by atoms with E-state index >= 15 is 0 Å². The Morgan fingerprint density at radius 1 is 0.976 bits per heavy atom. The Hall–Kier alpha value is -4.12. The molecule has 0 aliphatic heterocycles. The number of carbonyl (C=O) groups excluding carboxylic acids is 2. The minimum Gasteiger partial charge on any atom is -0.497 e. The summed E-state index contributed by atoms with van der Waals surface area (Å²) in [5.74, 6) is -1.17. The number of unbranched alkanes of at least 4 members (excludes halogenated alkanes) is 1. The highest BCUT2D eigenvalue weighted by Crippen LogP contribution is 2.36. The lowest BCUT2D eigenvalue weighted by Crippen LogP contribution is -2.51. The van der Waals surface area contributed by atoms with Crippen molar-refractivity contribution in [2.24, 2.45) is 0 Å². The minimum atomic E-state index is -4.31. The van der Waals surface area contributed by atoms with E-state index in [-0.39, 0.29) is 28.4 Å². The van der Waals surface area contributed by atoms with Crippen LogP contribution in [0.4, 0.5) is 10.1 Å². The molecule has 0 saturated heterocycles. The van der Waals surface area contributed by atoms with Crippen LogP contribution in [0.3, 0.4) is 0 Å². The van der Waals surface area contributed by atoms with Crippen LogP contribution in [0.1, 0.15) is 32.3 Å². The van der Waals surface area contributed by atoms with Crippen molar-refractivity contribution in [2.75, 3.05) is 31.6 Å². The van der Waals surface area contributed by atoms with Crippen LogP contribution in [-0.4, -0.2) is 58.5 Å². The molecule has 220 valence electrons. The Morgan fingerprint density at radius 2 is 1.66 bits per heavy atom. The van der Waals surface area contributed by atoms with Gasteiger partial charge in [0.15, 0.2) is 0 Å². The van der Waals surface area contributed by atoms with Gasteiger partial charge < -0.3 is 19.7 Å². The number of anilines is 1. The van der Waals surface area contributed by atoms with Crippen LogP contribution < -0.4 is 19.1 Å². The van der Waals surface area contributed by atoms with Crippen LogP contribution in [0.5, 0.6) is 11.5 Å². The molecular formula is C30H36FN3O6S. The summed E-state index contributed by atoms with van der Waals surface area (Å²) in [5, 5.41) is 2.80. The first-order chi connectivity index (χ1) is 19.6. The van der Waals surface area contributed by atoms with Crippen LogP contribution in [0, 0.1) is 5.82 Å². The molecule has 0 aromatic heterocycles. The van der Waals surface area contributed by atoms with Gasteiger partial charge in [0.2, 0.25) is 11.8 Å². The zero-order valence-electron chi connectivity index (χ0n) is 23.7. The van der Waals surface area contributed by atoms with Gasteiger partial charge >= 0.3 is 0 Å². The van der Waals surface area contributed by atoms with Gasteiger partial charge in [-0.2, -0.15) is 0 Å². The molecule has 0 spiro atoms. The van der Waals surface area contributed by atoms with E-state index < -0.39 is 40.2 Å². The zero-order chi connectivity index (χ0) is 30.0. The third-order valence-corrected chi connectivity index (χ3v) is 8.33. The Balaban J connectivity index is 2.09. The van der Waals surface area contributed by atoms with Gasteiger partial charge in [-0.15, -0.1) is 0 Å². The summed E-state index contributed by atoms with van der Waals surface area (Å²) in [6.45, 7) is 2.99. The molecule has 0 bridgehead atoms. The third-order valence-electron chi connectivity index (χ3n) is 6.56. The van der Waals surface area contributed by atoms with E-state index in [9.17, 15) is 22.4 Å². The maximum absolute atomic E-state index is 14.7. The van der Waals surface area contributed by atoms with E-state index in [1.54, 1.807) is 30.3 Å². The number of carbonyl (C=O) groups is 2. The number of sulfonamides is 1. The van der Waals surface area contributed by atoms with Gasteiger partial charge in [-0.25, -0.2) is 12.8 Å². The summed E-state index contributed by atoms with van der Waals surface area (Å²) in [7, 11) is -1.49. The summed E-state index contributed by atoms with van der Waals surface area (Å²) >= 11 is 0. The van der Waals surface area contributed by atoms with E-state index in [2.05, 4.69) is 5.32 Å². The molecular weight excluding hydrogens is 549 g/mol. The van der Waals surface area contributed by atoms with Gasteiger partial charge in [0.05, 0.1) is 24.8 Å². The molecule has 41 heavy (non-hydrogen) atoms. The molecule has 0 aliphatic carbocycles. The predicted octanol–water partition coefficient (Wildman–Crippen LogP) is 4.37. The van der Waals surface area contributed by atoms with Crippen molar-refractivity contribution in [3.63, 3.8) is 0 Å². The summed E-state index contributed by atoms with van der Waals surface area (Å²) < 4.78 is 54.3. The fourth-order valence-corrected chi connectivity index (χ4v) is 5.59. The lowest BCUT2D eigenvalue weighted by molar-refractivity contribution is -0.139. The lowest BCUT2D eigenvalue weighted by atomic mass is 10.1. The number of halogens is 1. The highest BCUT2D eigenvalue weighted by atomic mass is 32.2. The summed E-state index contributed by atoms with van der Waals surface area (Å²) in [4.78, 5) is 28.2.